The maximum Gasteiger partial charge on any atom is 0.248 e. The molecule has 1 aromatic heterocycles. The quantitative estimate of drug-likeness (QED) is 0.834. The Hall–Kier alpha value is -1.91. The number of nitrogens with one attached hydrogen (secondary N) is 1. The molecule has 1 aliphatic heterocycles. The SMILES string of the molecule is O=c1cc(C2CCN(CCOCc3ccccc3)CC2)cc[nH]1. The zero-order valence-corrected chi connectivity index (χ0v) is 13.4. The summed E-state index contributed by atoms with van der Waals surface area (Å²) in [5, 5.41) is 0. The summed E-state index contributed by atoms with van der Waals surface area (Å²) in [6.07, 6.45) is 3.98. The maximum atomic E-state index is 11.4. The van der Waals surface area contributed by atoms with Crippen molar-refractivity contribution in [2.24, 2.45) is 0 Å². The van der Waals surface area contributed by atoms with Crippen LogP contribution in [-0.4, -0.2) is 36.1 Å². The number of pyridine rings is 1. The molecule has 4 heteroatoms. The number of piperidine rings is 1. The minimum atomic E-state index is -0.000702. The number of likely N-dealkylation sites (tertiary alicyclic amines) is 1. The van der Waals surface area contributed by atoms with Gasteiger partial charge >= 0.3 is 0 Å². The Morgan fingerprint density at radius 3 is 2.65 bits per heavy atom. The van der Waals surface area contributed by atoms with Crippen molar-refractivity contribution in [3.8, 4) is 0 Å². The van der Waals surface area contributed by atoms with E-state index in [1.54, 1.807) is 12.3 Å². The normalized spacial score (nSPS) is 16.5. The largest absolute Gasteiger partial charge is 0.375 e. The van der Waals surface area contributed by atoms with Crippen molar-refractivity contribution in [2.75, 3.05) is 26.2 Å². The predicted octanol–water partition coefficient (Wildman–Crippen LogP) is 2.77. The third-order valence-electron chi connectivity index (χ3n) is 4.52. The Labute approximate surface area is 137 Å². The third-order valence-corrected chi connectivity index (χ3v) is 4.52. The average molecular weight is 312 g/mol. The second-order valence-corrected chi connectivity index (χ2v) is 6.14. The molecule has 0 atom stereocenters. The summed E-state index contributed by atoms with van der Waals surface area (Å²) in [5.41, 5.74) is 2.40. The van der Waals surface area contributed by atoms with Crippen LogP contribution in [0.5, 0.6) is 0 Å². The van der Waals surface area contributed by atoms with Gasteiger partial charge in [0.05, 0.1) is 13.2 Å². The van der Waals surface area contributed by atoms with E-state index >= 15 is 0 Å². The molecule has 1 saturated heterocycles. The highest BCUT2D eigenvalue weighted by Crippen LogP contribution is 2.26. The molecule has 0 radical (unpaired) electrons. The molecule has 0 amide bonds. The number of nitrogens with zero attached hydrogens (tertiary/aromatic N) is 1. The van der Waals surface area contributed by atoms with Gasteiger partial charge in [-0.3, -0.25) is 4.79 Å². The Kier molecular flexibility index (Phi) is 5.61. The summed E-state index contributed by atoms with van der Waals surface area (Å²) in [7, 11) is 0. The van der Waals surface area contributed by atoms with Gasteiger partial charge in [0.25, 0.3) is 0 Å². The lowest BCUT2D eigenvalue weighted by molar-refractivity contribution is 0.0840. The number of benzene rings is 1. The van der Waals surface area contributed by atoms with Crippen molar-refractivity contribution in [1.29, 1.82) is 0 Å². The lowest BCUT2D eigenvalue weighted by Gasteiger charge is -2.31. The molecule has 2 aromatic rings. The van der Waals surface area contributed by atoms with E-state index in [1.807, 2.05) is 24.3 Å². The van der Waals surface area contributed by atoms with Crippen LogP contribution in [0.2, 0.25) is 0 Å². The first-order valence-corrected chi connectivity index (χ1v) is 8.34. The van der Waals surface area contributed by atoms with Gasteiger partial charge in [-0.2, -0.15) is 0 Å². The van der Waals surface area contributed by atoms with Crippen LogP contribution in [0.1, 0.15) is 29.9 Å². The van der Waals surface area contributed by atoms with Crippen molar-refractivity contribution in [3.63, 3.8) is 0 Å². The van der Waals surface area contributed by atoms with Gasteiger partial charge in [-0.15, -0.1) is 0 Å². The number of hydrogen-bond acceptors (Lipinski definition) is 3. The number of aromatic nitrogens is 1. The molecule has 1 fully saturated rings. The Morgan fingerprint density at radius 1 is 1.13 bits per heavy atom. The molecule has 2 heterocycles. The van der Waals surface area contributed by atoms with Crippen LogP contribution in [-0.2, 0) is 11.3 Å². The molecule has 0 spiro atoms. The first kappa shape index (κ1) is 16.0. The van der Waals surface area contributed by atoms with Gasteiger partial charge in [-0.05, 0) is 49.0 Å². The smallest absolute Gasteiger partial charge is 0.248 e. The average Bonchev–Trinajstić information content (AvgIpc) is 2.60. The van der Waals surface area contributed by atoms with Gasteiger partial charge < -0.3 is 14.6 Å². The predicted molar refractivity (Wildman–Crippen MR) is 91.6 cm³/mol. The zero-order valence-electron chi connectivity index (χ0n) is 13.4. The van der Waals surface area contributed by atoms with Crippen molar-refractivity contribution < 1.29 is 4.74 Å². The Balaban J connectivity index is 1.37. The Morgan fingerprint density at radius 2 is 1.91 bits per heavy atom. The van der Waals surface area contributed by atoms with E-state index in [0.29, 0.717) is 12.5 Å². The fourth-order valence-electron chi connectivity index (χ4n) is 3.16. The van der Waals surface area contributed by atoms with E-state index in [-0.39, 0.29) is 5.56 Å². The summed E-state index contributed by atoms with van der Waals surface area (Å²) in [5.74, 6) is 0.513. The van der Waals surface area contributed by atoms with Gasteiger partial charge in [-0.1, -0.05) is 30.3 Å². The minimum absolute atomic E-state index is 0.000702. The second kappa shape index (κ2) is 8.09. The van der Waals surface area contributed by atoms with Crippen LogP contribution < -0.4 is 5.56 Å². The van der Waals surface area contributed by atoms with E-state index in [2.05, 4.69) is 22.0 Å². The molecular formula is C19H24N2O2. The minimum Gasteiger partial charge on any atom is -0.375 e. The first-order chi connectivity index (χ1) is 11.3. The van der Waals surface area contributed by atoms with E-state index in [1.165, 1.54) is 11.1 Å². The van der Waals surface area contributed by atoms with Gasteiger partial charge in [0, 0.05) is 18.8 Å². The monoisotopic (exact) mass is 312 g/mol. The molecule has 4 nitrogen and oxygen atoms in total. The second-order valence-electron chi connectivity index (χ2n) is 6.14. The van der Waals surface area contributed by atoms with Crippen LogP contribution in [0.25, 0.3) is 0 Å². The number of rotatable bonds is 6. The number of hydrogen-bond donors (Lipinski definition) is 1. The molecule has 0 unspecified atom stereocenters. The van der Waals surface area contributed by atoms with E-state index in [9.17, 15) is 4.79 Å². The summed E-state index contributed by atoms with van der Waals surface area (Å²) in [4.78, 5) is 16.5. The van der Waals surface area contributed by atoms with Crippen LogP contribution in [0.3, 0.4) is 0 Å². The molecule has 0 saturated carbocycles. The van der Waals surface area contributed by atoms with Crippen LogP contribution in [0, 0.1) is 0 Å². The Bertz CT molecular complexity index is 646. The molecule has 1 aromatic carbocycles. The van der Waals surface area contributed by atoms with Gasteiger partial charge in [0.15, 0.2) is 0 Å². The summed E-state index contributed by atoms with van der Waals surface area (Å²) in [6, 6.07) is 14.1. The summed E-state index contributed by atoms with van der Waals surface area (Å²) in [6.45, 7) is 4.59. The standard InChI is InChI=1S/C19H24N2O2/c22-19-14-18(6-9-20-19)17-7-10-21(11-8-17)12-13-23-15-16-4-2-1-3-5-16/h1-6,9,14,17H,7-8,10-13,15H2,(H,20,22). The first-order valence-electron chi connectivity index (χ1n) is 8.34. The number of H-pyrrole nitrogens is 1. The van der Waals surface area contributed by atoms with E-state index in [4.69, 9.17) is 4.74 Å². The molecular weight excluding hydrogens is 288 g/mol. The van der Waals surface area contributed by atoms with E-state index in [0.717, 1.165) is 39.1 Å². The molecule has 0 bridgehead atoms. The third kappa shape index (κ3) is 4.78. The molecule has 122 valence electrons. The summed E-state index contributed by atoms with van der Waals surface area (Å²) < 4.78 is 5.76. The fraction of sp³-hybridized carbons (Fsp3) is 0.421. The maximum absolute atomic E-state index is 11.4. The molecule has 0 aliphatic carbocycles. The molecule has 23 heavy (non-hydrogen) atoms. The highest BCUT2D eigenvalue weighted by atomic mass is 16.5. The zero-order chi connectivity index (χ0) is 15.9. The van der Waals surface area contributed by atoms with Gasteiger partial charge in [0.2, 0.25) is 5.56 Å². The highest BCUT2D eigenvalue weighted by Gasteiger charge is 2.20. The molecule has 1 aliphatic rings. The lowest BCUT2D eigenvalue weighted by atomic mass is 9.90. The van der Waals surface area contributed by atoms with Crippen molar-refractivity contribution in [1.82, 2.24) is 9.88 Å². The van der Waals surface area contributed by atoms with Gasteiger partial charge in [-0.25, -0.2) is 0 Å². The van der Waals surface area contributed by atoms with Crippen LogP contribution >= 0.6 is 0 Å². The van der Waals surface area contributed by atoms with Crippen LogP contribution in [0.4, 0.5) is 0 Å². The van der Waals surface area contributed by atoms with Crippen LogP contribution in [0.15, 0.2) is 53.5 Å². The molecule has 1 N–H and O–H groups in total. The topological polar surface area (TPSA) is 45.3 Å². The molecule has 3 rings (SSSR count). The number of ether oxygens (including phenoxy) is 1. The fourth-order valence-corrected chi connectivity index (χ4v) is 3.16. The number of aromatic amines is 1. The highest BCUT2D eigenvalue weighted by molar-refractivity contribution is 5.16. The summed E-state index contributed by atoms with van der Waals surface area (Å²) >= 11 is 0. The van der Waals surface area contributed by atoms with E-state index < -0.39 is 0 Å². The van der Waals surface area contributed by atoms with Crippen molar-refractivity contribution in [3.05, 3.63) is 70.1 Å². The lowest BCUT2D eigenvalue weighted by Crippen LogP contribution is -2.35. The van der Waals surface area contributed by atoms with Crippen molar-refractivity contribution in [2.45, 2.75) is 25.4 Å². The van der Waals surface area contributed by atoms with Gasteiger partial charge in [0.1, 0.15) is 0 Å². The van der Waals surface area contributed by atoms with Crippen molar-refractivity contribution >= 4 is 0 Å².